The molecule has 8 heavy (non-hydrogen) atoms. The van der Waals surface area contributed by atoms with Crippen LogP contribution in [0, 0.1) is 0 Å². The van der Waals surface area contributed by atoms with E-state index in [9.17, 15) is 4.79 Å². The zero-order valence-electron chi connectivity index (χ0n) is 9.62. The highest BCUT2D eigenvalue weighted by molar-refractivity contribution is 6.63. The molecule has 0 atom stereocenters. The molecule has 0 saturated heterocycles. The normalized spacial score (nSPS) is 22.0. The summed E-state index contributed by atoms with van der Waals surface area (Å²) in [6, 6.07) is 0. The highest BCUT2D eigenvalue weighted by Gasteiger charge is 1.78. The van der Waals surface area contributed by atoms with Crippen LogP contribution in [0.3, 0.4) is 0 Å². The van der Waals surface area contributed by atoms with Crippen molar-refractivity contribution in [2.45, 2.75) is 18.0 Å². The van der Waals surface area contributed by atoms with Crippen LogP contribution in [-0.2, 0) is 4.79 Å². The van der Waals surface area contributed by atoms with E-state index in [1.54, 1.807) is 0 Å². The minimum Gasteiger partial charge on any atom is -0.300 e. The van der Waals surface area contributed by atoms with Crippen LogP contribution in [0.1, 0.15) is 21.9 Å². The molecular weight excluding hydrogens is 170 g/mol. The Balaban J connectivity index is 0. The van der Waals surface area contributed by atoms with Crippen LogP contribution < -0.4 is 0 Å². The Bertz CT molecular complexity index is 166. The van der Waals surface area contributed by atoms with E-state index in [1.165, 1.54) is 0 Å². The lowest BCUT2D eigenvalue weighted by molar-refractivity contribution is -0.114. The summed E-state index contributed by atoms with van der Waals surface area (Å²) >= 11 is 14.4. The molecule has 1 nitrogen and oxygen atoms in total. The van der Waals surface area contributed by atoms with E-state index in [-0.39, 0.29) is 0 Å². The first-order chi connectivity index (χ1) is 5.89. The van der Waals surface area contributed by atoms with E-state index < -0.39 is 23.8 Å². The molecule has 0 heterocycles. The minimum atomic E-state index is -3.01. The van der Waals surface area contributed by atoms with Gasteiger partial charge in [-0.3, -0.25) is 0 Å². The number of halogens is 3. The monoisotopic (exact) mass is 182 g/mol. The van der Waals surface area contributed by atoms with E-state index in [4.69, 9.17) is 43.0 Å². The number of alkyl halides is 3. The molecule has 0 aliphatic carbocycles. The smallest absolute Gasteiger partial charge is 0.180 e. The number of ketones is 1. The van der Waals surface area contributed by atoms with Crippen molar-refractivity contribution < 1.29 is 13.0 Å². The van der Waals surface area contributed by atoms with Gasteiger partial charge in [0.15, 0.2) is 4.30 Å². The van der Waals surface area contributed by atoms with Crippen LogP contribution in [0.2, 0.25) is 0 Å². The van der Waals surface area contributed by atoms with Crippen molar-refractivity contribution in [1.82, 2.24) is 0 Å². The van der Waals surface area contributed by atoms with Crippen molar-refractivity contribution in [3.63, 3.8) is 0 Å². The third-order valence-electron chi connectivity index (χ3n) is 0. The molecule has 0 unspecified atom stereocenters. The summed E-state index contributed by atoms with van der Waals surface area (Å²) < 4.78 is 37.8. The molecule has 0 bridgehead atoms. The van der Waals surface area contributed by atoms with Gasteiger partial charge in [0.25, 0.3) is 0 Å². The molecule has 50 valence electrons. The first-order valence-electron chi connectivity index (χ1n) is 4.36. The molecular formula is C4H7Cl3O. The quantitative estimate of drug-likeness (QED) is 0.528. The largest absolute Gasteiger partial charge is 0.300 e. The third kappa shape index (κ3) is 688. The van der Waals surface area contributed by atoms with Gasteiger partial charge in [-0.05, 0) is 13.7 Å². The predicted octanol–water partition coefficient (Wildman–Crippen LogP) is 2.58. The summed E-state index contributed by atoms with van der Waals surface area (Å²) in [6.45, 7) is -6.02. The van der Waals surface area contributed by atoms with E-state index in [0.717, 1.165) is 0 Å². The molecule has 4 heteroatoms. The maximum atomic E-state index is 10.4. The van der Waals surface area contributed by atoms with Crippen molar-refractivity contribution in [1.29, 1.82) is 0 Å². The summed E-state index contributed by atoms with van der Waals surface area (Å²) in [5.74, 6) is -1.68. The first kappa shape index (κ1) is 3.09. The molecule has 0 spiro atoms. The van der Waals surface area contributed by atoms with E-state index in [0.29, 0.717) is 0 Å². The second kappa shape index (κ2) is 7.54. The molecule has 0 aliphatic heterocycles. The van der Waals surface area contributed by atoms with Crippen LogP contribution in [0.25, 0.3) is 0 Å². The molecule has 0 aromatic carbocycles. The van der Waals surface area contributed by atoms with Gasteiger partial charge in [0.1, 0.15) is 5.78 Å². The minimum absolute atomic E-state index is 0.750. The van der Waals surface area contributed by atoms with Crippen LogP contribution >= 0.6 is 34.8 Å². The van der Waals surface area contributed by atoms with Crippen molar-refractivity contribution in [2.24, 2.45) is 0 Å². The van der Waals surface area contributed by atoms with Gasteiger partial charge in [-0.15, -0.1) is 0 Å². The van der Waals surface area contributed by atoms with Gasteiger partial charge in [-0.25, -0.2) is 0 Å². The number of hydrogen-bond acceptors (Lipinski definition) is 1. The highest BCUT2D eigenvalue weighted by atomic mass is 35.6. The molecule has 0 rings (SSSR count). The summed E-state index contributed by atoms with van der Waals surface area (Å²) in [7, 11) is 0. The molecule has 0 amide bonds. The number of hydrogen-bond donors (Lipinski definition) is 0. The Morgan fingerprint density at radius 3 is 1.75 bits per heavy atom. The van der Waals surface area contributed by atoms with Crippen LogP contribution in [0.15, 0.2) is 0 Å². The summed E-state index contributed by atoms with van der Waals surface area (Å²) in [4.78, 5) is 10.4. The fourth-order valence-corrected chi connectivity index (χ4v) is 0. The number of carbonyl (C=O) groups excluding carboxylic acids is 1. The number of Topliss-reactive ketones (excluding diaryl/α,β-unsaturated/α-hetero) is 1. The third-order valence-corrected chi connectivity index (χ3v) is 0. The Labute approximate surface area is 72.3 Å². The summed E-state index contributed by atoms with van der Waals surface area (Å²) in [5, 5.41) is 0. The van der Waals surface area contributed by atoms with Gasteiger partial charge in [0.2, 0.25) is 0 Å². The molecule has 0 aliphatic rings. The zero-order valence-corrected chi connectivity index (χ0v) is 5.89. The maximum Gasteiger partial charge on any atom is 0.180 e. The molecule has 0 radical (unpaired) electrons. The Morgan fingerprint density at radius 1 is 1.50 bits per heavy atom. The Kier molecular flexibility index (Phi) is 2.91. The average Bonchev–Trinajstić information content (AvgIpc) is 1.80. The fraction of sp³-hybridized carbons (Fsp3) is 0.750. The van der Waals surface area contributed by atoms with Gasteiger partial charge < -0.3 is 4.79 Å². The zero-order chi connectivity index (χ0) is 12.2. The van der Waals surface area contributed by atoms with Crippen molar-refractivity contribution in [3.8, 4) is 0 Å². The lowest BCUT2D eigenvalue weighted by atomic mass is 10.6. The molecule has 0 aromatic heterocycles. The van der Waals surface area contributed by atoms with Crippen molar-refractivity contribution in [3.05, 3.63) is 0 Å². The number of carbonyl (C=O) groups is 1. The van der Waals surface area contributed by atoms with Gasteiger partial charge in [-0.2, -0.15) is 0 Å². The van der Waals surface area contributed by atoms with Crippen LogP contribution in [0.5, 0.6) is 0 Å². The molecule has 0 N–H and O–H groups in total. The average molecular weight is 183 g/mol. The van der Waals surface area contributed by atoms with Gasteiger partial charge >= 0.3 is 0 Å². The van der Waals surface area contributed by atoms with E-state index in [2.05, 4.69) is 0 Å². The lowest BCUT2D eigenvalue weighted by Gasteiger charge is -1.69. The van der Waals surface area contributed by atoms with E-state index >= 15 is 0 Å². The van der Waals surface area contributed by atoms with E-state index in [1.807, 2.05) is 0 Å². The first-order valence-corrected chi connectivity index (χ1v) is 2.67. The summed E-state index contributed by atoms with van der Waals surface area (Å²) in [5.41, 5.74) is 0. The van der Waals surface area contributed by atoms with Gasteiger partial charge in [0.05, 0.1) is 0 Å². The molecule has 0 aromatic rings. The predicted molar refractivity (Wildman–Crippen MR) is 37.7 cm³/mol. The van der Waals surface area contributed by atoms with Crippen LogP contribution in [0.4, 0.5) is 0 Å². The fourth-order valence-electron chi connectivity index (χ4n) is 0. The van der Waals surface area contributed by atoms with Crippen LogP contribution in [-0.4, -0.2) is 10.1 Å². The van der Waals surface area contributed by atoms with Crippen molar-refractivity contribution in [2.75, 3.05) is 0 Å². The topological polar surface area (TPSA) is 17.1 Å². The molecule has 0 saturated carbocycles. The lowest BCUT2D eigenvalue weighted by Crippen LogP contribution is -1.69. The second-order valence-corrected chi connectivity index (χ2v) is 2.56. The van der Waals surface area contributed by atoms with Gasteiger partial charge in [-0.1, -0.05) is 34.8 Å². The number of rotatable bonds is 0. The Hall–Kier alpha value is 0.540. The standard InChI is InChI=1S/C3H6O.CHCl3/c1-3(2)4;2-1(3)4/h1-2H3;1H/i1D3,2D3;. The summed E-state index contributed by atoms with van der Waals surface area (Å²) in [6.07, 6.45) is 0. The maximum absolute atomic E-state index is 10.4. The SMILES string of the molecule is ClC(Cl)Cl.[2H]C([2H])([2H])C(=O)C([2H])([2H])[2H]. The van der Waals surface area contributed by atoms with Crippen molar-refractivity contribution >= 4 is 40.6 Å². The van der Waals surface area contributed by atoms with Gasteiger partial charge in [0, 0.05) is 8.22 Å². The molecule has 0 fully saturated rings. The second-order valence-electron chi connectivity index (χ2n) is 0.577. The Morgan fingerprint density at radius 2 is 1.75 bits per heavy atom. The highest BCUT2D eigenvalue weighted by Crippen LogP contribution is 2.03.